The van der Waals surface area contributed by atoms with Crippen molar-refractivity contribution in [2.24, 2.45) is 0 Å². The average molecular weight is 351 g/mol. The zero-order valence-electron chi connectivity index (χ0n) is 9.01. The van der Waals surface area contributed by atoms with Gasteiger partial charge in [0.05, 0.1) is 15.0 Å². The molecule has 1 unspecified atom stereocenters. The lowest BCUT2D eigenvalue weighted by Gasteiger charge is -2.15. The Morgan fingerprint density at radius 2 is 2.06 bits per heavy atom. The fraction of sp³-hybridized carbons (Fsp3) is 0.167. The minimum absolute atomic E-state index is 0.178. The van der Waals surface area contributed by atoms with Gasteiger partial charge in [0.25, 0.3) is 0 Å². The fourth-order valence-electron chi connectivity index (χ4n) is 1.47. The lowest BCUT2D eigenvalue weighted by Crippen LogP contribution is -2.05. The molecule has 1 aromatic heterocycles. The van der Waals surface area contributed by atoms with E-state index in [1.54, 1.807) is 0 Å². The van der Waals surface area contributed by atoms with Crippen molar-refractivity contribution in [3.05, 3.63) is 49.0 Å². The normalized spacial score (nSPS) is 12.5. The highest BCUT2D eigenvalue weighted by Gasteiger charge is 2.09. The number of thiophene rings is 1. The predicted molar refractivity (Wildman–Crippen MR) is 80.5 cm³/mol. The molecule has 0 aliphatic rings. The van der Waals surface area contributed by atoms with Gasteiger partial charge in [-0.3, -0.25) is 0 Å². The van der Waals surface area contributed by atoms with Gasteiger partial charge in [0, 0.05) is 10.5 Å². The third-order valence-corrected chi connectivity index (χ3v) is 4.31. The van der Waals surface area contributed by atoms with Gasteiger partial charge in [0.1, 0.15) is 0 Å². The summed E-state index contributed by atoms with van der Waals surface area (Å²) >= 11 is 17.0. The first-order valence-corrected chi connectivity index (χ1v) is 7.44. The molecule has 0 radical (unpaired) electrons. The summed E-state index contributed by atoms with van der Waals surface area (Å²) in [7, 11) is 0. The molecule has 1 heterocycles. The minimum Gasteiger partial charge on any atom is -0.377 e. The molecule has 1 atom stereocenters. The van der Waals surface area contributed by atoms with E-state index in [1.165, 1.54) is 16.9 Å². The maximum Gasteiger partial charge on any atom is 0.0931 e. The van der Waals surface area contributed by atoms with Crippen LogP contribution in [0.2, 0.25) is 9.36 Å². The number of hydrogen-bond acceptors (Lipinski definition) is 2. The van der Waals surface area contributed by atoms with E-state index in [4.69, 9.17) is 23.2 Å². The van der Waals surface area contributed by atoms with E-state index in [0.717, 1.165) is 14.5 Å². The highest BCUT2D eigenvalue weighted by Crippen LogP contribution is 2.31. The van der Waals surface area contributed by atoms with Gasteiger partial charge in [-0.05, 0) is 42.1 Å². The molecule has 0 spiro atoms. The molecular weight excluding hydrogens is 341 g/mol. The van der Waals surface area contributed by atoms with Crippen molar-refractivity contribution in [3.8, 4) is 0 Å². The molecule has 0 aliphatic heterocycles. The first kappa shape index (κ1) is 13.2. The van der Waals surface area contributed by atoms with Crippen LogP contribution in [0.1, 0.15) is 18.5 Å². The molecule has 2 rings (SSSR count). The molecular formula is C12H10BrCl2NS. The predicted octanol–water partition coefficient (Wildman–Crippen LogP) is 5.99. The molecule has 1 N–H and O–H groups in total. The summed E-state index contributed by atoms with van der Waals surface area (Å²) in [6, 6.07) is 7.93. The van der Waals surface area contributed by atoms with Gasteiger partial charge in [0.2, 0.25) is 0 Å². The number of nitrogens with one attached hydrogen (secondary N) is 1. The van der Waals surface area contributed by atoms with Gasteiger partial charge in [-0.1, -0.05) is 39.1 Å². The van der Waals surface area contributed by atoms with E-state index in [0.29, 0.717) is 5.02 Å². The molecule has 90 valence electrons. The van der Waals surface area contributed by atoms with Crippen LogP contribution in [0.5, 0.6) is 0 Å². The monoisotopic (exact) mass is 349 g/mol. The van der Waals surface area contributed by atoms with Crippen LogP contribution in [0.15, 0.2) is 34.1 Å². The summed E-state index contributed by atoms with van der Waals surface area (Å²) in [5.74, 6) is 0. The van der Waals surface area contributed by atoms with Gasteiger partial charge in [0.15, 0.2) is 0 Å². The van der Waals surface area contributed by atoms with E-state index in [1.807, 2.05) is 29.6 Å². The van der Waals surface area contributed by atoms with Gasteiger partial charge in [-0.25, -0.2) is 0 Å². The van der Waals surface area contributed by atoms with Crippen molar-refractivity contribution in [2.45, 2.75) is 13.0 Å². The van der Waals surface area contributed by atoms with Crippen molar-refractivity contribution in [1.82, 2.24) is 0 Å². The van der Waals surface area contributed by atoms with Crippen LogP contribution >= 0.6 is 50.5 Å². The molecule has 1 nitrogen and oxygen atoms in total. The van der Waals surface area contributed by atoms with Gasteiger partial charge < -0.3 is 5.32 Å². The molecule has 17 heavy (non-hydrogen) atoms. The maximum absolute atomic E-state index is 6.15. The lowest BCUT2D eigenvalue weighted by atomic mass is 10.1. The Morgan fingerprint density at radius 3 is 2.65 bits per heavy atom. The van der Waals surface area contributed by atoms with Crippen molar-refractivity contribution in [2.75, 3.05) is 5.32 Å². The highest BCUT2D eigenvalue weighted by atomic mass is 79.9. The van der Waals surface area contributed by atoms with Crippen LogP contribution in [-0.2, 0) is 0 Å². The lowest BCUT2D eigenvalue weighted by molar-refractivity contribution is 0.890. The van der Waals surface area contributed by atoms with Crippen LogP contribution in [0.25, 0.3) is 0 Å². The molecule has 0 fully saturated rings. The number of benzene rings is 1. The second-order valence-electron chi connectivity index (χ2n) is 3.67. The van der Waals surface area contributed by atoms with E-state index in [9.17, 15) is 0 Å². The van der Waals surface area contributed by atoms with E-state index >= 15 is 0 Å². The standard InChI is InChI=1S/C12H10BrCl2NS/c1-7(8-4-12(15)17-6-8)16-11-3-2-9(13)5-10(11)14/h2-7,16H,1H3. The van der Waals surface area contributed by atoms with Gasteiger partial charge in [-0.2, -0.15) is 0 Å². The second kappa shape index (κ2) is 5.61. The molecule has 0 saturated heterocycles. The number of rotatable bonds is 3. The SMILES string of the molecule is CC(Nc1ccc(Br)cc1Cl)c1csc(Cl)c1. The summed E-state index contributed by atoms with van der Waals surface area (Å²) in [4.78, 5) is 0. The Morgan fingerprint density at radius 1 is 1.29 bits per heavy atom. The van der Waals surface area contributed by atoms with Gasteiger partial charge >= 0.3 is 0 Å². The molecule has 0 amide bonds. The smallest absolute Gasteiger partial charge is 0.0931 e. The quantitative estimate of drug-likeness (QED) is 0.716. The first-order valence-electron chi connectivity index (χ1n) is 5.02. The Balaban J connectivity index is 2.15. The summed E-state index contributed by atoms with van der Waals surface area (Å²) < 4.78 is 1.77. The average Bonchev–Trinajstić information content (AvgIpc) is 2.69. The van der Waals surface area contributed by atoms with Crippen molar-refractivity contribution in [1.29, 1.82) is 0 Å². The topological polar surface area (TPSA) is 12.0 Å². The minimum atomic E-state index is 0.178. The van der Waals surface area contributed by atoms with Crippen LogP contribution in [0, 0.1) is 0 Å². The summed E-state index contributed by atoms with van der Waals surface area (Å²) in [6.07, 6.45) is 0. The summed E-state index contributed by atoms with van der Waals surface area (Å²) in [6.45, 7) is 2.08. The fourth-order valence-corrected chi connectivity index (χ4v) is 3.19. The third kappa shape index (κ3) is 3.38. The second-order valence-corrected chi connectivity index (χ2v) is 6.54. The molecule has 0 saturated carbocycles. The number of halogens is 3. The molecule has 0 bridgehead atoms. The number of anilines is 1. The van der Waals surface area contributed by atoms with Crippen molar-refractivity contribution >= 4 is 56.2 Å². The van der Waals surface area contributed by atoms with Crippen molar-refractivity contribution < 1.29 is 0 Å². The molecule has 2 aromatic rings. The van der Waals surface area contributed by atoms with Crippen LogP contribution < -0.4 is 5.32 Å². The van der Waals surface area contributed by atoms with Crippen LogP contribution in [0.4, 0.5) is 5.69 Å². The summed E-state index contributed by atoms with van der Waals surface area (Å²) in [5.41, 5.74) is 2.09. The molecule has 5 heteroatoms. The first-order chi connectivity index (χ1) is 8.06. The Bertz CT molecular complexity index is 527. The number of hydrogen-bond donors (Lipinski definition) is 1. The third-order valence-electron chi connectivity index (χ3n) is 2.39. The van der Waals surface area contributed by atoms with Crippen LogP contribution in [-0.4, -0.2) is 0 Å². The zero-order valence-corrected chi connectivity index (χ0v) is 12.9. The van der Waals surface area contributed by atoms with Crippen LogP contribution in [0.3, 0.4) is 0 Å². The van der Waals surface area contributed by atoms with Crippen molar-refractivity contribution in [3.63, 3.8) is 0 Å². The maximum atomic E-state index is 6.15. The zero-order chi connectivity index (χ0) is 12.4. The Hall–Kier alpha value is -0.220. The highest BCUT2D eigenvalue weighted by molar-refractivity contribution is 9.10. The molecule has 1 aromatic carbocycles. The van der Waals surface area contributed by atoms with E-state index < -0.39 is 0 Å². The van der Waals surface area contributed by atoms with E-state index in [-0.39, 0.29) is 6.04 Å². The Kier molecular flexibility index (Phi) is 4.36. The Labute approximate surface area is 123 Å². The largest absolute Gasteiger partial charge is 0.377 e. The van der Waals surface area contributed by atoms with E-state index in [2.05, 4.69) is 28.2 Å². The molecule has 0 aliphatic carbocycles. The van der Waals surface area contributed by atoms with Gasteiger partial charge in [-0.15, -0.1) is 11.3 Å². The summed E-state index contributed by atoms with van der Waals surface area (Å²) in [5, 5.41) is 6.11.